The largest absolute Gasteiger partial charge is 0.370 e. The van der Waals surface area contributed by atoms with E-state index in [9.17, 15) is 0 Å². The number of aromatic nitrogens is 3. The molecule has 1 aromatic heterocycles. The molecular formula is C10H20N6. The van der Waals surface area contributed by atoms with E-state index in [4.69, 9.17) is 5.73 Å². The fourth-order valence-corrected chi connectivity index (χ4v) is 1.21. The minimum Gasteiger partial charge on any atom is -0.370 e. The van der Waals surface area contributed by atoms with Gasteiger partial charge in [0.1, 0.15) is 0 Å². The van der Waals surface area contributed by atoms with Crippen LogP contribution < -0.4 is 11.1 Å². The number of aliphatic imine (C=N–C) groups is 1. The number of nitrogens with one attached hydrogen (secondary N) is 1. The summed E-state index contributed by atoms with van der Waals surface area (Å²) in [7, 11) is 0. The van der Waals surface area contributed by atoms with Gasteiger partial charge in [-0.2, -0.15) is 0 Å². The Bertz CT molecular complexity index is 322. The van der Waals surface area contributed by atoms with Crippen LogP contribution in [0.4, 0.5) is 0 Å². The van der Waals surface area contributed by atoms with E-state index in [1.807, 2.05) is 27.0 Å². The summed E-state index contributed by atoms with van der Waals surface area (Å²) >= 11 is 0. The quantitative estimate of drug-likeness (QED) is 0.440. The number of nitrogens with zero attached hydrogens (tertiary/aromatic N) is 4. The lowest BCUT2D eigenvalue weighted by Gasteiger charge is -2.20. The SMILES string of the molecule is CC(C)(C)NC(N)=NCCCn1ccnn1. The Morgan fingerprint density at radius 3 is 2.81 bits per heavy atom. The third-order valence-electron chi connectivity index (χ3n) is 1.80. The van der Waals surface area contributed by atoms with Gasteiger partial charge in [0.25, 0.3) is 0 Å². The fraction of sp³-hybridized carbons (Fsp3) is 0.700. The molecular weight excluding hydrogens is 204 g/mol. The molecule has 0 radical (unpaired) electrons. The smallest absolute Gasteiger partial charge is 0.188 e. The third kappa shape index (κ3) is 5.33. The van der Waals surface area contributed by atoms with Crippen LogP contribution in [-0.2, 0) is 6.54 Å². The molecule has 16 heavy (non-hydrogen) atoms. The van der Waals surface area contributed by atoms with Gasteiger partial charge in [-0.25, -0.2) is 0 Å². The van der Waals surface area contributed by atoms with Crippen LogP contribution in [0, 0.1) is 0 Å². The van der Waals surface area contributed by atoms with E-state index in [1.165, 1.54) is 0 Å². The maximum absolute atomic E-state index is 5.72. The summed E-state index contributed by atoms with van der Waals surface area (Å²) in [6, 6.07) is 0. The highest BCUT2D eigenvalue weighted by Crippen LogP contribution is 1.97. The average molecular weight is 224 g/mol. The van der Waals surface area contributed by atoms with Crippen LogP contribution >= 0.6 is 0 Å². The summed E-state index contributed by atoms with van der Waals surface area (Å²) in [5, 5.41) is 10.7. The first-order chi connectivity index (χ1) is 7.47. The molecule has 0 aliphatic rings. The Morgan fingerprint density at radius 1 is 1.50 bits per heavy atom. The van der Waals surface area contributed by atoms with Crippen LogP contribution in [0.25, 0.3) is 0 Å². The Hall–Kier alpha value is -1.59. The van der Waals surface area contributed by atoms with Gasteiger partial charge in [0, 0.05) is 24.8 Å². The van der Waals surface area contributed by atoms with Crippen LogP contribution in [0.1, 0.15) is 27.2 Å². The van der Waals surface area contributed by atoms with Gasteiger partial charge in [-0.1, -0.05) is 5.21 Å². The second-order valence-electron chi connectivity index (χ2n) is 4.66. The van der Waals surface area contributed by atoms with E-state index in [-0.39, 0.29) is 5.54 Å². The lowest BCUT2D eigenvalue weighted by atomic mass is 10.1. The number of hydrogen-bond acceptors (Lipinski definition) is 3. The summed E-state index contributed by atoms with van der Waals surface area (Å²) in [6.07, 6.45) is 4.40. The Balaban J connectivity index is 2.21. The summed E-state index contributed by atoms with van der Waals surface area (Å²) < 4.78 is 1.78. The first kappa shape index (κ1) is 12.5. The molecule has 0 atom stereocenters. The Morgan fingerprint density at radius 2 is 2.25 bits per heavy atom. The van der Waals surface area contributed by atoms with E-state index in [2.05, 4.69) is 20.6 Å². The highest BCUT2D eigenvalue weighted by molar-refractivity contribution is 5.78. The van der Waals surface area contributed by atoms with Crippen LogP contribution in [0.3, 0.4) is 0 Å². The molecule has 1 rings (SSSR count). The van der Waals surface area contributed by atoms with Gasteiger partial charge in [0.15, 0.2) is 5.96 Å². The van der Waals surface area contributed by atoms with Crippen molar-refractivity contribution in [3.63, 3.8) is 0 Å². The van der Waals surface area contributed by atoms with Gasteiger partial charge >= 0.3 is 0 Å². The summed E-state index contributed by atoms with van der Waals surface area (Å²) in [5.74, 6) is 0.492. The highest BCUT2D eigenvalue weighted by Gasteiger charge is 2.09. The normalized spacial score (nSPS) is 12.8. The average Bonchev–Trinajstić information content (AvgIpc) is 2.62. The molecule has 1 aromatic rings. The van der Waals surface area contributed by atoms with E-state index in [0.717, 1.165) is 13.0 Å². The predicted octanol–water partition coefficient (Wildman–Crippen LogP) is 0.371. The molecule has 0 amide bonds. The molecule has 0 unspecified atom stereocenters. The van der Waals surface area contributed by atoms with Gasteiger partial charge in [-0.3, -0.25) is 9.67 Å². The molecule has 90 valence electrons. The van der Waals surface area contributed by atoms with Crippen LogP contribution in [0.2, 0.25) is 0 Å². The molecule has 0 saturated heterocycles. The number of guanidine groups is 1. The van der Waals surface area contributed by atoms with Crippen molar-refractivity contribution in [1.29, 1.82) is 0 Å². The van der Waals surface area contributed by atoms with Crippen LogP contribution in [0.15, 0.2) is 17.4 Å². The molecule has 3 N–H and O–H groups in total. The molecule has 0 saturated carbocycles. The summed E-state index contributed by atoms with van der Waals surface area (Å²) in [6.45, 7) is 7.64. The first-order valence-electron chi connectivity index (χ1n) is 5.39. The molecule has 0 fully saturated rings. The van der Waals surface area contributed by atoms with Crippen molar-refractivity contribution >= 4 is 5.96 Å². The molecule has 0 aliphatic heterocycles. The zero-order valence-electron chi connectivity index (χ0n) is 10.1. The molecule has 0 aromatic carbocycles. The molecule has 6 nitrogen and oxygen atoms in total. The topological polar surface area (TPSA) is 81.1 Å². The van der Waals surface area contributed by atoms with Crippen molar-refractivity contribution in [2.24, 2.45) is 10.7 Å². The molecule has 6 heteroatoms. The van der Waals surface area contributed by atoms with E-state index in [0.29, 0.717) is 12.5 Å². The van der Waals surface area contributed by atoms with E-state index >= 15 is 0 Å². The number of rotatable bonds is 4. The second kappa shape index (κ2) is 5.48. The van der Waals surface area contributed by atoms with Gasteiger partial charge in [-0.15, -0.1) is 5.10 Å². The van der Waals surface area contributed by atoms with Crippen molar-refractivity contribution in [3.05, 3.63) is 12.4 Å². The maximum atomic E-state index is 5.72. The minimum absolute atomic E-state index is 0.0422. The Kier molecular flexibility index (Phi) is 4.28. The van der Waals surface area contributed by atoms with Crippen LogP contribution in [-0.4, -0.2) is 33.0 Å². The van der Waals surface area contributed by atoms with E-state index < -0.39 is 0 Å². The second-order valence-corrected chi connectivity index (χ2v) is 4.66. The predicted molar refractivity (Wildman–Crippen MR) is 64.0 cm³/mol. The van der Waals surface area contributed by atoms with Crippen molar-refractivity contribution in [3.8, 4) is 0 Å². The zero-order valence-corrected chi connectivity index (χ0v) is 10.1. The first-order valence-corrected chi connectivity index (χ1v) is 5.39. The molecule has 1 heterocycles. The van der Waals surface area contributed by atoms with Gasteiger partial charge < -0.3 is 11.1 Å². The maximum Gasteiger partial charge on any atom is 0.188 e. The van der Waals surface area contributed by atoms with Crippen LogP contribution in [0.5, 0.6) is 0 Å². The van der Waals surface area contributed by atoms with Crippen molar-refractivity contribution in [2.75, 3.05) is 6.54 Å². The number of aryl methyl sites for hydroxylation is 1. The van der Waals surface area contributed by atoms with E-state index in [1.54, 1.807) is 10.9 Å². The van der Waals surface area contributed by atoms with Crippen molar-refractivity contribution < 1.29 is 0 Å². The van der Waals surface area contributed by atoms with Gasteiger partial charge in [0.2, 0.25) is 0 Å². The lowest BCUT2D eigenvalue weighted by molar-refractivity contribution is 0.506. The summed E-state index contributed by atoms with van der Waals surface area (Å²) in [5.41, 5.74) is 5.68. The monoisotopic (exact) mass is 224 g/mol. The van der Waals surface area contributed by atoms with Crippen molar-refractivity contribution in [2.45, 2.75) is 39.3 Å². The molecule has 0 bridgehead atoms. The van der Waals surface area contributed by atoms with Gasteiger partial charge in [-0.05, 0) is 27.2 Å². The minimum atomic E-state index is -0.0422. The molecule has 0 spiro atoms. The number of nitrogens with two attached hydrogens (primary N) is 1. The summed E-state index contributed by atoms with van der Waals surface area (Å²) in [4.78, 5) is 4.23. The highest BCUT2D eigenvalue weighted by atomic mass is 15.4. The number of hydrogen-bond donors (Lipinski definition) is 2. The lowest BCUT2D eigenvalue weighted by Crippen LogP contribution is -2.45. The molecule has 0 aliphatic carbocycles. The Labute approximate surface area is 95.9 Å². The third-order valence-corrected chi connectivity index (χ3v) is 1.80. The standard InChI is InChI=1S/C10H20N6/c1-10(2,3)14-9(11)12-5-4-7-16-8-6-13-15-16/h6,8H,4-5,7H2,1-3H3,(H3,11,12,14). The fourth-order valence-electron chi connectivity index (χ4n) is 1.21. The van der Waals surface area contributed by atoms with Gasteiger partial charge in [0.05, 0.1) is 6.20 Å². The van der Waals surface area contributed by atoms with Crippen molar-refractivity contribution in [1.82, 2.24) is 20.3 Å². The zero-order chi connectivity index (χ0) is 12.0.